The Morgan fingerprint density at radius 1 is 0.391 bits per heavy atom. The van der Waals surface area contributed by atoms with Crippen LogP contribution in [0.1, 0.15) is 22.3 Å². The molecule has 0 saturated heterocycles. The zero-order valence-corrected chi connectivity index (χ0v) is 25.0. The van der Waals surface area contributed by atoms with Gasteiger partial charge in [0.1, 0.15) is 11.5 Å². The van der Waals surface area contributed by atoms with Crippen LogP contribution in [0.3, 0.4) is 0 Å². The minimum atomic E-state index is -0.585. The number of hydrogen-bond donors (Lipinski definition) is 0. The highest BCUT2D eigenvalue weighted by atomic mass is 16.5. The standard InChI is InChI=1S/C43H28N2O/c1-4-12-29(13-5-1)37-25-22-30-20-21-31-23-26-38(45-42(31)41(30)44-37)32-24-27-40-36(28-32)43(33-14-6-2-7-15-33,34-16-8-3-9-17-34)35-18-10-11-19-39(35)46-40/h1-28H. The second-order valence-electron chi connectivity index (χ2n) is 11.8. The van der Waals surface area contributed by atoms with Gasteiger partial charge >= 0.3 is 0 Å². The smallest absolute Gasteiger partial charge is 0.132 e. The van der Waals surface area contributed by atoms with E-state index in [1.807, 2.05) is 24.3 Å². The van der Waals surface area contributed by atoms with Gasteiger partial charge in [0.05, 0.1) is 27.8 Å². The van der Waals surface area contributed by atoms with Crippen molar-refractivity contribution in [2.24, 2.45) is 0 Å². The highest BCUT2D eigenvalue weighted by Crippen LogP contribution is 2.55. The lowest BCUT2D eigenvalue weighted by Crippen LogP contribution is -2.34. The summed E-state index contributed by atoms with van der Waals surface area (Å²) in [4.78, 5) is 10.4. The fourth-order valence-electron chi connectivity index (χ4n) is 7.06. The maximum Gasteiger partial charge on any atom is 0.132 e. The third-order valence-electron chi connectivity index (χ3n) is 9.19. The van der Waals surface area contributed by atoms with E-state index >= 15 is 0 Å². The Morgan fingerprint density at radius 3 is 1.52 bits per heavy atom. The first-order valence-corrected chi connectivity index (χ1v) is 15.6. The lowest BCUT2D eigenvalue weighted by atomic mass is 9.63. The summed E-state index contributed by atoms with van der Waals surface area (Å²) < 4.78 is 6.62. The normalized spacial score (nSPS) is 13.1. The first-order chi connectivity index (χ1) is 22.8. The van der Waals surface area contributed by atoms with Crippen molar-refractivity contribution in [3.8, 4) is 34.0 Å². The van der Waals surface area contributed by atoms with E-state index in [0.29, 0.717) is 0 Å². The Hall–Kier alpha value is -6.06. The van der Waals surface area contributed by atoms with Crippen LogP contribution in [0.15, 0.2) is 170 Å². The van der Waals surface area contributed by atoms with Gasteiger partial charge in [-0.3, -0.25) is 0 Å². The van der Waals surface area contributed by atoms with E-state index in [2.05, 4.69) is 146 Å². The van der Waals surface area contributed by atoms with Crippen LogP contribution >= 0.6 is 0 Å². The molecular formula is C43H28N2O. The molecule has 3 heterocycles. The Morgan fingerprint density at radius 2 is 0.891 bits per heavy atom. The molecule has 0 spiro atoms. The van der Waals surface area contributed by atoms with Crippen molar-refractivity contribution in [3.05, 3.63) is 192 Å². The number of ether oxygens (including phenoxy) is 1. The van der Waals surface area contributed by atoms with Crippen LogP contribution in [0.4, 0.5) is 0 Å². The van der Waals surface area contributed by atoms with Crippen LogP contribution in [-0.4, -0.2) is 9.97 Å². The fourth-order valence-corrected chi connectivity index (χ4v) is 7.06. The van der Waals surface area contributed by atoms with Crippen LogP contribution in [0.2, 0.25) is 0 Å². The van der Waals surface area contributed by atoms with Crippen LogP contribution in [0.5, 0.6) is 11.5 Å². The molecule has 0 aliphatic carbocycles. The molecule has 6 aromatic carbocycles. The van der Waals surface area contributed by atoms with Crippen molar-refractivity contribution in [1.29, 1.82) is 0 Å². The first kappa shape index (κ1) is 26.4. The number of hydrogen-bond acceptors (Lipinski definition) is 3. The number of fused-ring (bicyclic) bond motifs is 5. The second-order valence-corrected chi connectivity index (χ2v) is 11.8. The Labute approximate surface area is 267 Å². The van der Waals surface area contributed by atoms with Crippen molar-refractivity contribution < 1.29 is 4.74 Å². The average Bonchev–Trinajstić information content (AvgIpc) is 3.14. The molecule has 0 radical (unpaired) electrons. The third kappa shape index (κ3) is 4.06. The molecule has 46 heavy (non-hydrogen) atoms. The van der Waals surface area contributed by atoms with Crippen molar-refractivity contribution in [1.82, 2.24) is 9.97 Å². The van der Waals surface area contributed by atoms with Crippen molar-refractivity contribution >= 4 is 21.8 Å². The van der Waals surface area contributed by atoms with E-state index in [1.165, 1.54) is 11.1 Å². The number of aromatic nitrogens is 2. The van der Waals surface area contributed by atoms with E-state index in [1.54, 1.807) is 0 Å². The molecule has 8 aromatic rings. The summed E-state index contributed by atoms with van der Waals surface area (Å²) in [6.07, 6.45) is 0. The largest absolute Gasteiger partial charge is 0.457 e. The molecule has 0 bridgehead atoms. The molecule has 3 nitrogen and oxygen atoms in total. The topological polar surface area (TPSA) is 35.0 Å². The van der Waals surface area contributed by atoms with Gasteiger partial charge in [-0.1, -0.05) is 133 Å². The predicted octanol–water partition coefficient (Wildman–Crippen LogP) is 10.6. The lowest BCUT2D eigenvalue weighted by molar-refractivity contribution is 0.434. The van der Waals surface area contributed by atoms with Gasteiger partial charge < -0.3 is 4.74 Å². The Bertz CT molecular complexity index is 2350. The highest BCUT2D eigenvalue weighted by molar-refractivity contribution is 6.04. The van der Waals surface area contributed by atoms with Crippen LogP contribution < -0.4 is 4.74 Å². The number of nitrogens with zero attached hydrogens (tertiary/aromatic N) is 2. The van der Waals surface area contributed by atoms with E-state index in [9.17, 15) is 0 Å². The summed E-state index contributed by atoms with van der Waals surface area (Å²) in [7, 11) is 0. The van der Waals surface area contributed by atoms with Gasteiger partial charge in [0.25, 0.3) is 0 Å². The average molecular weight is 589 g/mol. The first-order valence-electron chi connectivity index (χ1n) is 15.6. The molecule has 0 amide bonds. The zero-order chi connectivity index (χ0) is 30.5. The summed E-state index contributed by atoms with van der Waals surface area (Å²) in [5.41, 5.74) is 9.73. The molecule has 1 aliphatic heterocycles. The molecule has 3 heteroatoms. The van der Waals surface area contributed by atoms with E-state index in [4.69, 9.17) is 14.7 Å². The number of rotatable bonds is 4. The third-order valence-corrected chi connectivity index (χ3v) is 9.19. The zero-order valence-electron chi connectivity index (χ0n) is 25.0. The van der Waals surface area contributed by atoms with E-state index < -0.39 is 5.41 Å². The monoisotopic (exact) mass is 588 g/mol. The van der Waals surface area contributed by atoms with Crippen molar-refractivity contribution in [2.75, 3.05) is 0 Å². The molecule has 0 saturated carbocycles. The maximum absolute atomic E-state index is 6.62. The van der Waals surface area contributed by atoms with Gasteiger partial charge in [-0.05, 0) is 47.5 Å². The van der Waals surface area contributed by atoms with Gasteiger partial charge in [-0.15, -0.1) is 0 Å². The van der Waals surface area contributed by atoms with E-state index in [-0.39, 0.29) is 0 Å². The number of para-hydroxylation sites is 1. The molecular weight excluding hydrogens is 560 g/mol. The van der Waals surface area contributed by atoms with E-state index in [0.717, 1.165) is 66.9 Å². The number of benzene rings is 6. The minimum Gasteiger partial charge on any atom is -0.457 e. The van der Waals surface area contributed by atoms with Gasteiger partial charge in [0.15, 0.2) is 0 Å². The van der Waals surface area contributed by atoms with Gasteiger partial charge in [-0.2, -0.15) is 0 Å². The molecule has 9 rings (SSSR count). The molecule has 0 atom stereocenters. The van der Waals surface area contributed by atoms with Gasteiger partial charge in [-0.25, -0.2) is 9.97 Å². The van der Waals surface area contributed by atoms with Crippen molar-refractivity contribution in [3.63, 3.8) is 0 Å². The quantitative estimate of drug-likeness (QED) is 0.192. The highest BCUT2D eigenvalue weighted by Gasteiger charge is 2.45. The van der Waals surface area contributed by atoms with Crippen LogP contribution in [0.25, 0.3) is 44.3 Å². The summed E-state index contributed by atoms with van der Waals surface area (Å²) in [6, 6.07) is 59.5. The van der Waals surface area contributed by atoms with Crippen LogP contribution in [0, 0.1) is 0 Å². The fraction of sp³-hybridized carbons (Fsp3) is 0.0233. The summed E-state index contributed by atoms with van der Waals surface area (Å²) in [5, 5.41) is 2.13. The van der Waals surface area contributed by atoms with Crippen molar-refractivity contribution in [2.45, 2.75) is 5.41 Å². The van der Waals surface area contributed by atoms with Gasteiger partial charge in [0.2, 0.25) is 0 Å². The molecule has 1 aliphatic rings. The minimum absolute atomic E-state index is 0.585. The summed E-state index contributed by atoms with van der Waals surface area (Å²) in [5.74, 6) is 1.71. The maximum atomic E-state index is 6.62. The summed E-state index contributed by atoms with van der Waals surface area (Å²) >= 11 is 0. The predicted molar refractivity (Wildman–Crippen MR) is 186 cm³/mol. The lowest BCUT2D eigenvalue weighted by Gasteiger charge is -2.41. The second kappa shape index (κ2) is 10.5. The molecule has 0 unspecified atom stereocenters. The van der Waals surface area contributed by atoms with Gasteiger partial charge in [0, 0.05) is 33.0 Å². The Balaban J connectivity index is 1.28. The SMILES string of the molecule is c1ccc(-c2ccc3ccc4ccc(-c5ccc6c(c5)C(c5ccccc5)(c5ccccc5)c5ccccc5O6)nc4c3n2)cc1. The Kier molecular flexibility index (Phi) is 6.04. The molecule has 0 N–H and O–H groups in total. The number of pyridine rings is 2. The molecule has 216 valence electrons. The van der Waals surface area contributed by atoms with Crippen LogP contribution in [-0.2, 0) is 5.41 Å². The molecule has 0 fully saturated rings. The molecule has 2 aromatic heterocycles. The summed E-state index contributed by atoms with van der Waals surface area (Å²) in [6.45, 7) is 0.